The SMILES string of the molecule is O=C(NC[C@H](NC(=O)OCc1ccccc1)C(=O)O)OCC1c2ccccc2-c2ccccc21. The topological polar surface area (TPSA) is 114 Å². The van der Waals surface area contributed by atoms with E-state index < -0.39 is 24.2 Å². The highest BCUT2D eigenvalue weighted by molar-refractivity contribution is 5.81. The van der Waals surface area contributed by atoms with Gasteiger partial charge in [-0.05, 0) is 27.8 Å². The molecule has 0 aromatic heterocycles. The lowest BCUT2D eigenvalue weighted by molar-refractivity contribution is -0.139. The van der Waals surface area contributed by atoms with Gasteiger partial charge in [0, 0.05) is 5.92 Å². The molecule has 0 heterocycles. The van der Waals surface area contributed by atoms with E-state index in [2.05, 4.69) is 10.6 Å². The molecule has 3 aromatic carbocycles. The van der Waals surface area contributed by atoms with Crippen LogP contribution in [0, 0.1) is 0 Å². The zero-order chi connectivity index (χ0) is 23.9. The fourth-order valence-corrected chi connectivity index (χ4v) is 3.94. The summed E-state index contributed by atoms with van der Waals surface area (Å²) < 4.78 is 10.4. The van der Waals surface area contributed by atoms with E-state index in [-0.39, 0.29) is 25.7 Å². The minimum Gasteiger partial charge on any atom is -0.480 e. The van der Waals surface area contributed by atoms with Crippen molar-refractivity contribution in [3.8, 4) is 11.1 Å². The third-order valence-electron chi connectivity index (χ3n) is 5.60. The number of aliphatic carboxylic acids is 1. The van der Waals surface area contributed by atoms with Crippen molar-refractivity contribution in [1.82, 2.24) is 10.6 Å². The molecule has 8 nitrogen and oxygen atoms in total. The molecule has 0 aliphatic heterocycles. The molecule has 3 N–H and O–H groups in total. The maximum Gasteiger partial charge on any atom is 0.408 e. The summed E-state index contributed by atoms with van der Waals surface area (Å²) in [5, 5.41) is 14.0. The number of carboxylic acid groups (broad SMARTS) is 1. The highest BCUT2D eigenvalue weighted by Crippen LogP contribution is 2.44. The van der Waals surface area contributed by atoms with Crippen LogP contribution < -0.4 is 10.6 Å². The van der Waals surface area contributed by atoms with E-state index in [9.17, 15) is 19.5 Å². The molecule has 0 fully saturated rings. The number of benzene rings is 3. The van der Waals surface area contributed by atoms with Gasteiger partial charge in [-0.15, -0.1) is 0 Å². The lowest BCUT2D eigenvalue weighted by Crippen LogP contribution is -2.48. The Morgan fingerprint density at radius 2 is 1.38 bits per heavy atom. The zero-order valence-corrected chi connectivity index (χ0v) is 18.3. The van der Waals surface area contributed by atoms with Gasteiger partial charge in [-0.2, -0.15) is 0 Å². The third kappa shape index (κ3) is 5.35. The molecule has 34 heavy (non-hydrogen) atoms. The van der Waals surface area contributed by atoms with Crippen LogP contribution >= 0.6 is 0 Å². The van der Waals surface area contributed by atoms with Gasteiger partial charge in [-0.1, -0.05) is 78.9 Å². The van der Waals surface area contributed by atoms with Crippen LogP contribution in [0.5, 0.6) is 0 Å². The molecular weight excluding hydrogens is 436 g/mol. The number of alkyl carbamates (subject to hydrolysis) is 2. The summed E-state index contributed by atoms with van der Waals surface area (Å²) in [7, 11) is 0. The normalized spacial score (nSPS) is 12.7. The van der Waals surface area contributed by atoms with Crippen LogP contribution in [0.2, 0.25) is 0 Å². The predicted octanol–water partition coefficient (Wildman–Crippen LogP) is 3.90. The molecule has 8 heteroatoms. The number of fused-ring (bicyclic) bond motifs is 3. The predicted molar refractivity (Wildman–Crippen MR) is 124 cm³/mol. The maximum atomic E-state index is 12.3. The van der Waals surface area contributed by atoms with Crippen LogP contribution in [0.1, 0.15) is 22.6 Å². The first kappa shape index (κ1) is 22.8. The summed E-state index contributed by atoms with van der Waals surface area (Å²) in [5.41, 5.74) is 5.12. The second-order valence-corrected chi connectivity index (χ2v) is 7.80. The first-order chi connectivity index (χ1) is 16.5. The number of rotatable bonds is 8. The largest absolute Gasteiger partial charge is 0.480 e. The first-order valence-electron chi connectivity index (χ1n) is 10.8. The highest BCUT2D eigenvalue weighted by atomic mass is 16.6. The van der Waals surface area contributed by atoms with Gasteiger partial charge in [-0.25, -0.2) is 14.4 Å². The number of carbonyl (C=O) groups excluding carboxylic acids is 2. The number of amides is 2. The number of carbonyl (C=O) groups is 3. The summed E-state index contributed by atoms with van der Waals surface area (Å²) in [4.78, 5) is 35.7. The van der Waals surface area contributed by atoms with Gasteiger partial charge in [0.25, 0.3) is 0 Å². The standard InChI is InChI=1S/C26H24N2O6/c29-24(30)23(28-26(32)33-15-17-8-2-1-3-9-17)14-27-25(31)34-16-22-20-12-6-4-10-18(20)19-11-5-7-13-21(19)22/h1-13,22-23H,14-16H2,(H,27,31)(H,28,32)(H,29,30)/t23-/m0/s1. The summed E-state index contributed by atoms with van der Waals surface area (Å²) in [6.07, 6.45) is -1.67. The average molecular weight is 460 g/mol. The van der Waals surface area contributed by atoms with Crippen molar-refractivity contribution in [2.75, 3.05) is 13.2 Å². The van der Waals surface area contributed by atoms with Crippen molar-refractivity contribution in [1.29, 1.82) is 0 Å². The molecule has 0 bridgehead atoms. The van der Waals surface area contributed by atoms with Crippen molar-refractivity contribution in [2.24, 2.45) is 0 Å². The van der Waals surface area contributed by atoms with Crippen molar-refractivity contribution < 1.29 is 29.0 Å². The van der Waals surface area contributed by atoms with Crippen LogP contribution in [0.25, 0.3) is 11.1 Å². The molecule has 0 unspecified atom stereocenters. The molecule has 4 rings (SSSR count). The Hall–Kier alpha value is -4.33. The van der Waals surface area contributed by atoms with Gasteiger partial charge >= 0.3 is 18.2 Å². The van der Waals surface area contributed by atoms with E-state index >= 15 is 0 Å². The Morgan fingerprint density at radius 3 is 2.00 bits per heavy atom. The van der Waals surface area contributed by atoms with Gasteiger partial charge in [0.15, 0.2) is 0 Å². The zero-order valence-electron chi connectivity index (χ0n) is 18.3. The van der Waals surface area contributed by atoms with Crippen molar-refractivity contribution in [3.63, 3.8) is 0 Å². The smallest absolute Gasteiger partial charge is 0.408 e. The molecule has 2 amide bonds. The Bertz CT molecular complexity index is 1140. The molecular formula is C26H24N2O6. The Kier molecular flexibility index (Phi) is 7.07. The van der Waals surface area contributed by atoms with E-state index in [1.807, 2.05) is 54.6 Å². The second-order valence-electron chi connectivity index (χ2n) is 7.80. The first-order valence-corrected chi connectivity index (χ1v) is 10.8. The minimum absolute atomic E-state index is 0.00117. The fourth-order valence-electron chi connectivity index (χ4n) is 3.94. The van der Waals surface area contributed by atoms with Crippen molar-refractivity contribution in [3.05, 3.63) is 95.6 Å². The molecule has 0 saturated heterocycles. The molecule has 174 valence electrons. The Labute approximate surface area is 196 Å². The molecule has 0 radical (unpaired) electrons. The average Bonchev–Trinajstić information content (AvgIpc) is 3.18. The molecule has 1 aliphatic rings. The van der Waals surface area contributed by atoms with Gasteiger partial charge in [0.05, 0.1) is 6.54 Å². The molecule has 3 aromatic rings. The van der Waals surface area contributed by atoms with Gasteiger partial charge < -0.3 is 25.2 Å². The van der Waals surface area contributed by atoms with Crippen molar-refractivity contribution >= 4 is 18.2 Å². The van der Waals surface area contributed by atoms with E-state index in [0.717, 1.165) is 27.8 Å². The van der Waals surface area contributed by atoms with E-state index in [1.165, 1.54) is 0 Å². The number of hydrogen-bond acceptors (Lipinski definition) is 5. The van der Waals surface area contributed by atoms with Crippen LogP contribution in [0.15, 0.2) is 78.9 Å². The highest BCUT2D eigenvalue weighted by Gasteiger charge is 2.29. The summed E-state index contributed by atoms with van der Waals surface area (Å²) in [6, 6.07) is 23.5. The molecule has 1 atom stereocenters. The molecule has 0 spiro atoms. The molecule has 1 aliphatic carbocycles. The fraction of sp³-hybridized carbons (Fsp3) is 0.192. The van der Waals surface area contributed by atoms with Gasteiger partial charge in [-0.3, -0.25) is 0 Å². The molecule has 0 saturated carbocycles. The lowest BCUT2D eigenvalue weighted by atomic mass is 9.98. The summed E-state index contributed by atoms with van der Waals surface area (Å²) >= 11 is 0. The number of ether oxygens (including phenoxy) is 2. The number of nitrogens with one attached hydrogen (secondary N) is 2. The Balaban J connectivity index is 1.28. The van der Waals surface area contributed by atoms with Crippen molar-refractivity contribution in [2.45, 2.75) is 18.6 Å². The summed E-state index contributed by atoms with van der Waals surface area (Å²) in [5.74, 6) is -1.42. The van der Waals surface area contributed by atoms with Gasteiger partial charge in [0.1, 0.15) is 19.3 Å². The number of carboxylic acids is 1. The second kappa shape index (κ2) is 10.5. The lowest BCUT2D eigenvalue weighted by Gasteiger charge is -2.17. The third-order valence-corrected chi connectivity index (χ3v) is 5.60. The van der Waals surface area contributed by atoms with E-state index in [1.54, 1.807) is 24.3 Å². The minimum atomic E-state index is -1.37. The van der Waals surface area contributed by atoms with Crippen LogP contribution in [-0.4, -0.2) is 42.5 Å². The monoisotopic (exact) mass is 460 g/mol. The number of hydrogen-bond donors (Lipinski definition) is 3. The Morgan fingerprint density at radius 1 is 0.794 bits per heavy atom. The van der Waals surface area contributed by atoms with E-state index in [4.69, 9.17) is 9.47 Å². The quantitative estimate of drug-likeness (QED) is 0.470. The van der Waals surface area contributed by atoms with Crippen LogP contribution in [-0.2, 0) is 20.9 Å². The van der Waals surface area contributed by atoms with Crippen LogP contribution in [0.3, 0.4) is 0 Å². The van der Waals surface area contributed by atoms with Gasteiger partial charge in [0.2, 0.25) is 0 Å². The maximum absolute atomic E-state index is 12.3. The summed E-state index contributed by atoms with van der Waals surface area (Å²) in [6.45, 7) is -0.255. The van der Waals surface area contributed by atoms with Crippen LogP contribution in [0.4, 0.5) is 9.59 Å². The van der Waals surface area contributed by atoms with E-state index in [0.29, 0.717) is 0 Å².